The Balaban J connectivity index is 1.99. The summed E-state index contributed by atoms with van der Waals surface area (Å²) < 4.78 is 4.93. The molecule has 1 heterocycles. The Hall–Kier alpha value is -1.63. The zero-order valence-corrected chi connectivity index (χ0v) is 11.2. The van der Waals surface area contributed by atoms with Gasteiger partial charge in [-0.15, -0.1) is 0 Å². The number of nitrogens with zero attached hydrogens (tertiary/aromatic N) is 3. The van der Waals surface area contributed by atoms with E-state index in [0.29, 0.717) is 12.5 Å². The Labute approximate surface area is 112 Å². The Morgan fingerprint density at radius 2 is 1.89 bits per heavy atom. The maximum Gasteiger partial charge on any atom is 0.322 e. The van der Waals surface area contributed by atoms with E-state index < -0.39 is 5.60 Å². The summed E-state index contributed by atoms with van der Waals surface area (Å²) in [5, 5.41) is 13.5. The molecule has 0 spiro atoms. The number of aliphatic hydroxyl groups is 1. The van der Waals surface area contributed by atoms with Gasteiger partial charge < -0.3 is 20.9 Å². The molecule has 106 valence electrons. The minimum Gasteiger partial charge on any atom is -0.467 e. The molecule has 7 nitrogen and oxygen atoms in total. The highest BCUT2D eigenvalue weighted by Gasteiger charge is 2.28. The smallest absolute Gasteiger partial charge is 0.322 e. The summed E-state index contributed by atoms with van der Waals surface area (Å²) in [6.07, 6.45) is 6.10. The summed E-state index contributed by atoms with van der Waals surface area (Å²) in [7, 11) is 1.47. The molecule has 1 aliphatic carbocycles. The number of hydrogen-bond donors (Lipinski definition) is 3. The fourth-order valence-electron chi connectivity index (χ4n) is 2.35. The molecule has 1 fully saturated rings. The van der Waals surface area contributed by atoms with Crippen LogP contribution in [0.3, 0.4) is 0 Å². The van der Waals surface area contributed by atoms with E-state index in [1.54, 1.807) is 0 Å². The minimum absolute atomic E-state index is 0.0993. The maximum absolute atomic E-state index is 10.5. The van der Waals surface area contributed by atoms with Crippen molar-refractivity contribution >= 4 is 11.9 Å². The van der Waals surface area contributed by atoms with Gasteiger partial charge in [0.2, 0.25) is 11.9 Å². The molecule has 0 unspecified atom stereocenters. The van der Waals surface area contributed by atoms with E-state index in [4.69, 9.17) is 10.5 Å². The fraction of sp³-hybridized carbons (Fsp3) is 0.750. The van der Waals surface area contributed by atoms with E-state index in [1.807, 2.05) is 0 Å². The number of anilines is 2. The van der Waals surface area contributed by atoms with Crippen molar-refractivity contribution in [3.8, 4) is 6.01 Å². The molecule has 0 bridgehead atoms. The summed E-state index contributed by atoms with van der Waals surface area (Å²) in [5.41, 5.74) is 4.87. The van der Waals surface area contributed by atoms with Gasteiger partial charge >= 0.3 is 6.01 Å². The van der Waals surface area contributed by atoms with Crippen LogP contribution in [0.15, 0.2) is 0 Å². The average Bonchev–Trinajstić information content (AvgIpc) is 2.61. The lowest BCUT2D eigenvalue weighted by Gasteiger charge is -2.26. The van der Waals surface area contributed by atoms with Gasteiger partial charge in [0.25, 0.3) is 0 Å². The van der Waals surface area contributed by atoms with Gasteiger partial charge in [-0.1, -0.05) is 25.7 Å². The van der Waals surface area contributed by atoms with Gasteiger partial charge in [-0.3, -0.25) is 0 Å². The minimum atomic E-state index is -0.689. The number of nitrogens with two attached hydrogens (primary N) is 1. The van der Waals surface area contributed by atoms with Crippen LogP contribution in [0.4, 0.5) is 11.9 Å². The van der Waals surface area contributed by atoms with E-state index in [0.717, 1.165) is 25.7 Å². The fourth-order valence-corrected chi connectivity index (χ4v) is 2.35. The molecule has 1 aromatic heterocycles. The summed E-state index contributed by atoms with van der Waals surface area (Å²) in [5.74, 6) is 0.434. The summed E-state index contributed by atoms with van der Waals surface area (Å²) in [6, 6.07) is 0.169. The van der Waals surface area contributed by atoms with Gasteiger partial charge in [-0.2, -0.15) is 15.0 Å². The normalized spacial score (nSPS) is 18.6. The summed E-state index contributed by atoms with van der Waals surface area (Å²) in [4.78, 5) is 11.8. The van der Waals surface area contributed by atoms with Crippen molar-refractivity contribution in [2.24, 2.45) is 0 Å². The molecule has 0 atom stereocenters. The molecule has 1 aliphatic rings. The molecule has 2 rings (SSSR count). The highest BCUT2D eigenvalue weighted by atomic mass is 16.5. The van der Waals surface area contributed by atoms with Crippen LogP contribution in [-0.4, -0.2) is 39.3 Å². The molecule has 1 aromatic rings. The van der Waals surface area contributed by atoms with Crippen LogP contribution in [0.5, 0.6) is 6.01 Å². The van der Waals surface area contributed by atoms with Gasteiger partial charge in [0.05, 0.1) is 12.7 Å². The van der Waals surface area contributed by atoms with E-state index in [9.17, 15) is 5.11 Å². The Morgan fingerprint density at radius 1 is 1.21 bits per heavy atom. The third-order valence-corrected chi connectivity index (χ3v) is 3.42. The largest absolute Gasteiger partial charge is 0.467 e. The average molecular weight is 267 g/mol. The van der Waals surface area contributed by atoms with Crippen molar-refractivity contribution in [3.63, 3.8) is 0 Å². The first-order chi connectivity index (χ1) is 9.11. The first-order valence-electron chi connectivity index (χ1n) is 6.63. The van der Waals surface area contributed by atoms with E-state index in [1.165, 1.54) is 20.0 Å². The number of aromatic nitrogens is 3. The lowest BCUT2D eigenvalue weighted by molar-refractivity contribution is 0.0379. The van der Waals surface area contributed by atoms with Crippen LogP contribution in [-0.2, 0) is 0 Å². The molecule has 0 radical (unpaired) electrons. The van der Waals surface area contributed by atoms with Crippen molar-refractivity contribution in [1.29, 1.82) is 0 Å². The predicted octanol–water partition coefficient (Wildman–Crippen LogP) is 0.960. The van der Waals surface area contributed by atoms with Crippen molar-refractivity contribution in [2.45, 2.75) is 44.1 Å². The Morgan fingerprint density at radius 3 is 2.53 bits per heavy atom. The highest BCUT2D eigenvalue weighted by Crippen LogP contribution is 2.27. The number of nitrogen functional groups attached to an aromatic ring is 1. The first-order valence-corrected chi connectivity index (χ1v) is 6.63. The van der Waals surface area contributed by atoms with Crippen LogP contribution in [0.1, 0.15) is 38.5 Å². The second kappa shape index (κ2) is 6.01. The number of methoxy groups -OCH3 is 1. The van der Waals surface area contributed by atoms with Crippen molar-refractivity contribution < 1.29 is 9.84 Å². The van der Waals surface area contributed by atoms with Crippen LogP contribution in [0.2, 0.25) is 0 Å². The van der Waals surface area contributed by atoms with Gasteiger partial charge in [-0.05, 0) is 12.8 Å². The van der Waals surface area contributed by atoms with E-state index in [2.05, 4.69) is 20.3 Å². The number of hydrogen-bond acceptors (Lipinski definition) is 7. The van der Waals surface area contributed by atoms with Gasteiger partial charge in [-0.25, -0.2) is 0 Å². The molecule has 19 heavy (non-hydrogen) atoms. The van der Waals surface area contributed by atoms with E-state index >= 15 is 0 Å². The maximum atomic E-state index is 10.5. The molecule has 1 saturated carbocycles. The molecule has 0 amide bonds. The lowest BCUT2D eigenvalue weighted by Crippen LogP contribution is -2.36. The van der Waals surface area contributed by atoms with Crippen LogP contribution >= 0.6 is 0 Å². The van der Waals surface area contributed by atoms with Crippen molar-refractivity contribution in [1.82, 2.24) is 15.0 Å². The van der Waals surface area contributed by atoms with Crippen LogP contribution < -0.4 is 15.8 Å². The molecular weight excluding hydrogens is 246 g/mol. The quantitative estimate of drug-likeness (QED) is 0.697. The lowest BCUT2D eigenvalue weighted by atomic mass is 9.95. The third-order valence-electron chi connectivity index (χ3n) is 3.42. The molecule has 4 N–H and O–H groups in total. The van der Waals surface area contributed by atoms with Gasteiger partial charge in [0.15, 0.2) is 0 Å². The molecular formula is C12H21N5O2. The topological polar surface area (TPSA) is 106 Å². The zero-order valence-electron chi connectivity index (χ0n) is 11.2. The van der Waals surface area contributed by atoms with E-state index in [-0.39, 0.29) is 12.0 Å². The second-order valence-electron chi connectivity index (χ2n) is 5.00. The van der Waals surface area contributed by atoms with Crippen LogP contribution in [0, 0.1) is 0 Å². The molecule has 0 saturated heterocycles. The monoisotopic (exact) mass is 267 g/mol. The third kappa shape index (κ3) is 3.92. The molecule has 0 aliphatic heterocycles. The Kier molecular flexibility index (Phi) is 4.36. The van der Waals surface area contributed by atoms with Gasteiger partial charge in [0.1, 0.15) is 0 Å². The second-order valence-corrected chi connectivity index (χ2v) is 5.00. The summed E-state index contributed by atoms with van der Waals surface area (Å²) >= 11 is 0. The number of rotatable bonds is 4. The highest BCUT2D eigenvalue weighted by molar-refractivity contribution is 5.32. The Bertz CT molecular complexity index is 419. The zero-order chi connectivity index (χ0) is 13.7. The standard InChI is InChI=1S/C12H21N5O2/c1-19-11-16-9(13)15-10(17-11)14-8-12(18)6-4-2-3-5-7-12/h18H,2-8H2,1H3,(H3,13,14,15,16,17). The first kappa shape index (κ1) is 13.8. The molecule has 7 heteroatoms. The number of nitrogens with one attached hydrogen (secondary N) is 1. The van der Waals surface area contributed by atoms with Crippen molar-refractivity contribution in [2.75, 3.05) is 24.7 Å². The van der Waals surface area contributed by atoms with Crippen molar-refractivity contribution in [3.05, 3.63) is 0 Å². The molecule has 0 aromatic carbocycles. The van der Waals surface area contributed by atoms with Gasteiger partial charge in [0, 0.05) is 6.54 Å². The van der Waals surface area contributed by atoms with Crippen LogP contribution in [0.25, 0.3) is 0 Å². The SMILES string of the molecule is COc1nc(N)nc(NCC2(O)CCCCCC2)n1. The summed E-state index contributed by atoms with van der Waals surface area (Å²) in [6.45, 7) is 0.416. The number of ether oxygens (including phenoxy) is 1. The predicted molar refractivity (Wildman–Crippen MR) is 71.9 cm³/mol.